The highest BCUT2D eigenvalue weighted by Crippen LogP contribution is 2.15. The number of hydrogen-bond acceptors (Lipinski definition) is 5. The van der Waals surface area contributed by atoms with E-state index in [9.17, 15) is 4.79 Å². The Morgan fingerprint density at radius 2 is 2.20 bits per heavy atom. The number of carbonyl (C=O) groups excluding carboxylic acids is 1. The Bertz CT molecular complexity index is 592. The minimum atomic E-state index is -0.374. The molecule has 6 nitrogen and oxygen atoms in total. The van der Waals surface area contributed by atoms with Crippen LogP contribution in [0.2, 0.25) is 0 Å². The first kappa shape index (κ1) is 14.0. The smallest absolute Gasteiger partial charge is 0.342 e. The molecule has 0 unspecified atom stereocenters. The molecule has 2 rings (SSSR count). The summed E-state index contributed by atoms with van der Waals surface area (Å²) in [4.78, 5) is 16.2. The molecule has 0 aliphatic carbocycles. The number of anilines is 1. The van der Waals surface area contributed by atoms with E-state index < -0.39 is 0 Å². The third kappa shape index (κ3) is 3.34. The molecule has 2 heterocycles. The van der Waals surface area contributed by atoms with Crippen LogP contribution in [0, 0.1) is 0 Å². The second-order valence-corrected chi connectivity index (χ2v) is 4.65. The molecule has 0 radical (unpaired) electrons. The predicted molar refractivity (Wildman–Crippen MR) is 75.3 cm³/mol. The van der Waals surface area contributed by atoms with Crippen LogP contribution in [-0.4, -0.2) is 26.8 Å². The van der Waals surface area contributed by atoms with Crippen molar-refractivity contribution in [2.45, 2.75) is 26.5 Å². The van der Waals surface area contributed by atoms with Gasteiger partial charge >= 0.3 is 5.97 Å². The van der Waals surface area contributed by atoms with Gasteiger partial charge in [0.25, 0.3) is 0 Å². The molecule has 20 heavy (non-hydrogen) atoms. The zero-order valence-electron chi connectivity index (χ0n) is 11.8. The summed E-state index contributed by atoms with van der Waals surface area (Å²) in [6.45, 7) is 4.17. The quantitative estimate of drug-likeness (QED) is 0.844. The largest absolute Gasteiger partial charge is 0.459 e. The molecule has 0 fully saturated rings. The molecule has 6 heteroatoms. The first-order valence-electron chi connectivity index (χ1n) is 6.44. The van der Waals surface area contributed by atoms with Crippen molar-refractivity contribution in [3.05, 3.63) is 41.9 Å². The van der Waals surface area contributed by atoms with Crippen molar-refractivity contribution >= 4 is 11.8 Å². The van der Waals surface area contributed by atoms with Gasteiger partial charge in [0, 0.05) is 19.4 Å². The standard InChI is InChI=1S/C14H18N4O2/c1-10(2)20-14(19)12-5-4-7-15-13(12)16-9-11-6-8-17-18(11)3/h4-8,10H,9H2,1-3H3,(H,15,16). The number of nitrogens with one attached hydrogen (secondary N) is 1. The predicted octanol–water partition coefficient (Wildman–Crippen LogP) is 1.99. The summed E-state index contributed by atoms with van der Waals surface area (Å²) < 4.78 is 6.97. The van der Waals surface area contributed by atoms with Crippen LogP contribution in [0.25, 0.3) is 0 Å². The highest BCUT2D eigenvalue weighted by atomic mass is 16.5. The zero-order valence-corrected chi connectivity index (χ0v) is 11.8. The average molecular weight is 274 g/mol. The lowest BCUT2D eigenvalue weighted by Crippen LogP contribution is -2.15. The third-order valence-corrected chi connectivity index (χ3v) is 2.73. The van der Waals surface area contributed by atoms with Crippen LogP contribution in [0.15, 0.2) is 30.6 Å². The summed E-state index contributed by atoms with van der Waals surface area (Å²) in [5.74, 6) is 0.139. The van der Waals surface area contributed by atoms with Gasteiger partial charge in [0.05, 0.1) is 18.3 Å². The van der Waals surface area contributed by atoms with Gasteiger partial charge in [-0.15, -0.1) is 0 Å². The topological polar surface area (TPSA) is 69.0 Å². The van der Waals surface area contributed by atoms with Crippen molar-refractivity contribution in [2.24, 2.45) is 7.05 Å². The van der Waals surface area contributed by atoms with Gasteiger partial charge in [-0.05, 0) is 32.0 Å². The summed E-state index contributed by atoms with van der Waals surface area (Å²) >= 11 is 0. The molecule has 2 aromatic heterocycles. The number of esters is 1. The molecule has 2 aromatic rings. The van der Waals surface area contributed by atoms with Crippen molar-refractivity contribution in [1.29, 1.82) is 0 Å². The molecule has 0 amide bonds. The summed E-state index contributed by atoms with van der Waals surface area (Å²) in [5, 5.41) is 7.23. The number of aromatic nitrogens is 3. The minimum absolute atomic E-state index is 0.160. The van der Waals surface area contributed by atoms with Crippen LogP contribution in [-0.2, 0) is 18.3 Å². The number of ether oxygens (including phenoxy) is 1. The van der Waals surface area contributed by atoms with E-state index in [2.05, 4.69) is 15.4 Å². The van der Waals surface area contributed by atoms with E-state index in [1.165, 1.54) is 0 Å². The first-order chi connectivity index (χ1) is 9.58. The van der Waals surface area contributed by atoms with Crippen LogP contribution in [0.4, 0.5) is 5.82 Å². The Morgan fingerprint density at radius 1 is 1.40 bits per heavy atom. The van der Waals surface area contributed by atoms with Gasteiger partial charge in [-0.2, -0.15) is 5.10 Å². The average Bonchev–Trinajstić information content (AvgIpc) is 2.81. The summed E-state index contributed by atoms with van der Waals surface area (Å²) in [6.07, 6.45) is 3.20. The van der Waals surface area contributed by atoms with E-state index in [0.717, 1.165) is 5.69 Å². The van der Waals surface area contributed by atoms with Crippen molar-refractivity contribution in [2.75, 3.05) is 5.32 Å². The minimum Gasteiger partial charge on any atom is -0.459 e. The molecule has 0 atom stereocenters. The van der Waals surface area contributed by atoms with Crippen LogP contribution in [0.1, 0.15) is 29.9 Å². The monoisotopic (exact) mass is 274 g/mol. The maximum atomic E-state index is 12.0. The van der Waals surface area contributed by atoms with E-state index in [1.807, 2.05) is 27.0 Å². The molecule has 0 saturated carbocycles. The van der Waals surface area contributed by atoms with E-state index in [-0.39, 0.29) is 12.1 Å². The molecule has 0 aliphatic heterocycles. The van der Waals surface area contributed by atoms with Gasteiger partial charge in [0.1, 0.15) is 11.4 Å². The lowest BCUT2D eigenvalue weighted by Gasteiger charge is -2.12. The Morgan fingerprint density at radius 3 is 2.85 bits per heavy atom. The van der Waals surface area contributed by atoms with Gasteiger partial charge in [-0.25, -0.2) is 9.78 Å². The highest BCUT2D eigenvalue weighted by molar-refractivity contribution is 5.94. The van der Waals surface area contributed by atoms with Gasteiger partial charge < -0.3 is 10.1 Å². The number of rotatable bonds is 5. The molecule has 0 spiro atoms. The van der Waals surface area contributed by atoms with E-state index in [4.69, 9.17) is 4.74 Å². The number of hydrogen-bond donors (Lipinski definition) is 1. The molecule has 1 N–H and O–H groups in total. The van der Waals surface area contributed by atoms with Crippen molar-refractivity contribution < 1.29 is 9.53 Å². The maximum Gasteiger partial charge on any atom is 0.342 e. The molecular formula is C14H18N4O2. The van der Waals surface area contributed by atoms with Crippen LogP contribution in [0.5, 0.6) is 0 Å². The SMILES string of the molecule is CC(C)OC(=O)c1cccnc1NCc1ccnn1C. The molecular weight excluding hydrogens is 256 g/mol. The fourth-order valence-corrected chi connectivity index (χ4v) is 1.74. The van der Waals surface area contributed by atoms with Crippen LogP contribution >= 0.6 is 0 Å². The Kier molecular flexibility index (Phi) is 4.34. The Balaban J connectivity index is 2.12. The second kappa shape index (κ2) is 6.18. The fraction of sp³-hybridized carbons (Fsp3) is 0.357. The first-order valence-corrected chi connectivity index (χ1v) is 6.44. The van der Waals surface area contributed by atoms with Crippen LogP contribution in [0.3, 0.4) is 0 Å². The number of carbonyl (C=O) groups is 1. The molecule has 106 valence electrons. The summed E-state index contributed by atoms with van der Waals surface area (Å²) in [6, 6.07) is 5.32. The van der Waals surface area contributed by atoms with Crippen molar-refractivity contribution in [3.8, 4) is 0 Å². The second-order valence-electron chi connectivity index (χ2n) is 4.65. The highest BCUT2D eigenvalue weighted by Gasteiger charge is 2.15. The normalized spacial score (nSPS) is 10.6. The zero-order chi connectivity index (χ0) is 14.5. The van der Waals surface area contributed by atoms with E-state index >= 15 is 0 Å². The summed E-state index contributed by atoms with van der Waals surface area (Å²) in [7, 11) is 1.86. The molecule has 0 aromatic carbocycles. The maximum absolute atomic E-state index is 12.0. The number of pyridine rings is 1. The third-order valence-electron chi connectivity index (χ3n) is 2.73. The van der Waals surface area contributed by atoms with Crippen molar-refractivity contribution in [3.63, 3.8) is 0 Å². The fourth-order valence-electron chi connectivity index (χ4n) is 1.74. The van der Waals surface area contributed by atoms with E-state index in [0.29, 0.717) is 17.9 Å². The number of aryl methyl sites for hydroxylation is 1. The van der Waals surface area contributed by atoms with Gasteiger partial charge in [-0.3, -0.25) is 4.68 Å². The molecule has 0 saturated heterocycles. The number of nitrogens with zero attached hydrogens (tertiary/aromatic N) is 3. The van der Waals surface area contributed by atoms with E-state index in [1.54, 1.807) is 29.2 Å². The lowest BCUT2D eigenvalue weighted by molar-refractivity contribution is 0.0378. The van der Waals surface area contributed by atoms with Gasteiger partial charge in [0.15, 0.2) is 0 Å². The summed E-state index contributed by atoms with van der Waals surface area (Å²) in [5.41, 5.74) is 1.43. The Hall–Kier alpha value is -2.37. The lowest BCUT2D eigenvalue weighted by atomic mass is 10.2. The van der Waals surface area contributed by atoms with Gasteiger partial charge in [0.2, 0.25) is 0 Å². The Labute approximate surface area is 117 Å². The molecule has 0 bridgehead atoms. The molecule has 0 aliphatic rings. The van der Waals surface area contributed by atoms with Crippen LogP contribution < -0.4 is 5.32 Å². The van der Waals surface area contributed by atoms with Crippen molar-refractivity contribution in [1.82, 2.24) is 14.8 Å². The van der Waals surface area contributed by atoms with Gasteiger partial charge in [-0.1, -0.05) is 0 Å².